The molecule has 0 aliphatic rings. The van der Waals surface area contributed by atoms with Gasteiger partial charge in [-0.05, 0) is 186 Å². The molecule has 0 radical (unpaired) electrons. The lowest BCUT2D eigenvalue weighted by atomic mass is 10.1. The van der Waals surface area contributed by atoms with Gasteiger partial charge < -0.3 is 0 Å². The molecule has 0 aliphatic carbocycles. The lowest BCUT2D eigenvalue weighted by Crippen LogP contribution is -1.80. The Morgan fingerprint density at radius 1 is 0.164 bits per heavy atom. The Bertz CT molecular complexity index is 4100. The zero-order valence-electron chi connectivity index (χ0n) is 88.9. The molecule has 8 heterocycles. The molecule has 0 atom stereocenters. The third-order valence-corrected chi connectivity index (χ3v) is 14.0. The number of nitrogens with zero attached hydrogens (tertiary/aromatic N) is 8. The molecule has 8 aromatic carbocycles. The molecule has 0 bridgehead atoms. The van der Waals surface area contributed by atoms with Crippen LogP contribution in [0.1, 0.15) is 318 Å². The van der Waals surface area contributed by atoms with E-state index in [4.69, 9.17) is 0 Å². The average molecular weight is 1740 g/mol. The number of aryl methyl sites for hydroxylation is 8. The molecule has 0 unspecified atom stereocenters. The molecule has 0 N–H and O–H groups in total. The molecule has 0 amide bonds. The lowest BCUT2D eigenvalue weighted by molar-refractivity contribution is 1.09. The predicted octanol–water partition coefficient (Wildman–Crippen LogP) is 39.9. The topological polar surface area (TPSA) is 103 Å². The molecule has 0 saturated carbocycles. The molecule has 8 aromatic heterocycles. The molecule has 8 heteroatoms. The highest BCUT2D eigenvalue weighted by atomic mass is 14.7. The summed E-state index contributed by atoms with van der Waals surface area (Å²) in [5.74, 6) is 0. The SMILES string of the molecule is CC.CC.CC.CC.CC.CC.CC.CC.CCC.CCC.CCC.CCC.CCC.CCC.CCC.CCC.Cc1cc2ccccc2cn1.Cc1ccc2ccccc2n1.Cc1ccc2cccnc2c1.Cc1ccc2ccncc2c1.Cc1ccc2ncccc2c1.Cc1ccc2ncccc2c1.Cc1cnc2ccccc2c1.Cc1cnc2ccccc2c1. The third kappa shape index (κ3) is 67.4. The molecule has 704 valence electrons. The highest BCUT2D eigenvalue weighted by molar-refractivity contribution is 5.84. The number of benzene rings is 8. The first kappa shape index (κ1) is 133. The highest BCUT2D eigenvalue weighted by Gasteiger charge is 1.98. The first-order valence-corrected chi connectivity index (χ1v) is 48.7. The van der Waals surface area contributed by atoms with Crippen molar-refractivity contribution in [1.29, 1.82) is 0 Å². The first-order chi connectivity index (χ1) is 62.2. The van der Waals surface area contributed by atoms with Gasteiger partial charge in [-0.25, -0.2) is 0 Å². The molecular formula is C120H184N8. The minimum absolute atomic E-state index is 1.07. The number of rotatable bonds is 0. The summed E-state index contributed by atoms with van der Waals surface area (Å²) >= 11 is 0. The molecular weight excluding hydrogens is 1550 g/mol. The van der Waals surface area contributed by atoms with Crippen molar-refractivity contribution < 1.29 is 0 Å². The summed E-state index contributed by atoms with van der Waals surface area (Å²) in [6.07, 6.45) is 24.9. The maximum absolute atomic E-state index is 4.38. The summed E-state index contributed by atoms with van der Waals surface area (Å²) in [4.78, 5) is 33.9. The van der Waals surface area contributed by atoms with E-state index in [9.17, 15) is 0 Å². The van der Waals surface area contributed by atoms with Crippen LogP contribution in [-0.2, 0) is 0 Å². The predicted molar refractivity (Wildman–Crippen MR) is 590 cm³/mol. The van der Waals surface area contributed by atoms with Gasteiger partial charge in [0.05, 0.1) is 33.1 Å². The fourth-order valence-corrected chi connectivity index (χ4v) is 9.49. The Hall–Kier alpha value is -11.0. The summed E-state index contributed by atoms with van der Waals surface area (Å²) in [6, 6.07) is 82.5. The van der Waals surface area contributed by atoms with Gasteiger partial charge >= 0.3 is 0 Å². The van der Waals surface area contributed by atoms with Crippen LogP contribution in [0.4, 0.5) is 0 Å². The van der Waals surface area contributed by atoms with Crippen LogP contribution in [-0.4, -0.2) is 39.9 Å². The smallest absolute Gasteiger partial charge is 0.0705 e. The number of hydrogen-bond acceptors (Lipinski definition) is 8. The highest BCUT2D eigenvalue weighted by Crippen LogP contribution is 2.18. The normalized spacial score (nSPS) is 8.56. The Kier molecular flexibility index (Phi) is 102. The molecule has 128 heavy (non-hydrogen) atoms. The molecule has 0 aliphatic heterocycles. The fraction of sp³-hybridized carbons (Fsp3) is 0.400. The van der Waals surface area contributed by atoms with E-state index in [1.54, 1.807) is 0 Å². The van der Waals surface area contributed by atoms with Crippen LogP contribution in [0.3, 0.4) is 0 Å². The summed E-state index contributed by atoms with van der Waals surface area (Å²) < 4.78 is 0. The number of fused-ring (bicyclic) bond motifs is 8. The third-order valence-electron chi connectivity index (χ3n) is 14.0. The Labute approximate surface area is 787 Å². The van der Waals surface area contributed by atoms with E-state index in [-0.39, 0.29) is 0 Å². The maximum Gasteiger partial charge on any atom is 0.0705 e. The van der Waals surface area contributed by atoms with Crippen LogP contribution in [0.2, 0.25) is 0 Å². The van der Waals surface area contributed by atoms with Crippen LogP contribution in [0.25, 0.3) is 87.0 Å². The van der Waals surface area contributed by atoms with Crippen molar-refractivity contribution in [2.45, 2.75) is 328 Å². The summed E-state index contributed by atoms with van der Waals surface area (Å²) in [7, 11) is 0. The van der Waals surface area contributed by atoms with Crippen molar-refractivity contribution in [3.63, 3.8) is 0 Å². The van der Waals surface area contributed by atoms with Gasteiger partial charge in [-0.1, -0.05) is 429 Å². The van der Waals surface area contributed by atoms with Gasteiger partial charge in [0, 0.05) is 104 Å². The molecule has 0 saturated heterocycles. The fourth-order valence-electron chi connectivity index (χ4n) is 9.49. The van der Waals surface area contributed by atoms with Crippen molar-refractivity contribution in [1.82, 2.24) is 39.9 Å². The van der Waals surface area contributed by atoms with E-state index >= 15 is 0 Å². The van der Waals surface area contributed by atoms with E-state index in [2.05, 4.69) is 326 Å². The maximum atomic E-state index is 4.38. The van der Waals surface area contributed by atoms with Crippen molar-refractivity contribution in [3.05, 3.63) is 337 Å². The van der Waals surface area contributed by atoms with E-state index < -0.39 is 0 Å². The van der Waals surface area contributed by atoms with Crippen LogP contribution in [0.5, 0.6) is 0 Å². The largest absolute Gasteiger partial charge is 0.264 e. The lowest BCUT2D eigenvalue weighted by Gasteiger charge is -1.96. The van der Waals surface area contributed by atoms with Crippen LogP contribution in [0.15, 0.2) is 292 Å². The number of pyridine rings is 8. The van der Waals surface area contributed by atoms with Crippen molar-refractivity contribution in [2.75, 3.05) is 0 Å². The van der Waals surface area contributed by atoms with Crippen molar-refractivity contribution in [2.24, 2.45) is 0 Å². The van der Waals surface area contributed by atoms with Gasteiger partial charge in [0.1, 0.15) is 0 Å². The van der Waals surface area contributed by atoms with Crippen molar-refractivity contribution in [3.8, 4) is 0 Å². The second kappa shape index (κ2) is 98.2. The van der Waals surface area contributed by atoms with E-state index in [0.717, 1.165) is 44.5 Å². The number of hydrogen-bond donors (Lipinski definition) is 0. The summed E-state index contributed by atoms with van der Waals surface area (Å²) in [5.41, 5.74) is 16.1. The first-order valence-electron chi connectivity index (χ1n) is 48.7. The molecule has 16 rings (SSSR count). The quantitative estimate of drug-likeness (QED) is 0.148. The number of aromatic nitrogens is 8. The monoisotopic (exact) mass is 1740 g/mol. The molecule has 8 nitrogen and oxygen atoms in total. The van der Waals surface area contributed by atoms with Crippen molar-refractivity contribution >= 4 is 87.0 Å². The minimum atomic E-state index is 1.07. The van der Waals surface area contributed by atoms with Gasteiger partial charge in [0.15, 0.2) is 0 Å². The molecule has 0 fully saturated rings. The van der Waals surface area contributed by atoms with Gasteiger partial charge in [-0.3, -0.25) is 39.9 Å². The van der Waals surface area contributed by atoms with Gasteiger partial charge in [0.25, 0.3) is 0 Å². The van der Waals surface area contributed by atoms with E-state index in [1.165, 1.54) is 139 Å². The summed E-state index contributed by atoms with van der Waals surface area (Å²) in [5, 5.41) is 12.2. The zero-order chi connectivity index (χ0) is 99.1. The Balaban J connectivity index is -0.000000202. The second-order valence-corrected chi connectivity index (χ2v) is 27.2. The number of para-hydroxylation sites is 3. The Morgan fingerprint density at radius 3 is 0.836 bits per heavy atom. The Morgan fingerprint density at radius 2 is 0.438 bits per heavy atom. The molecule has 0 spiro atoms. The van der Waals surface area contributed by atoms with E-state index in [0.29, 0.717) is 0 Å². The minimum Gasteiger partial charge on any atom is -0.264 e. The van der Waals surface area contributed by atoms with E-state index in [1.807, 2.05) is 283 Å². The van der Waals surface area contributed by atoms with Crippen LogP contribution in [0, 0.1) is 55.4 Å². The standard InChI is InChI=1S/8C10H9N.8C3H8.8C2H6/c1-8-2-3-9-4-5-11-7-10(9)6-8;2*1-8-4-5-10-9(7-8)3-2-6-11-10;1-8-4-5-9-3-2-6-11-10(9)7-8;1-8-6-9-4-2-3-5-10(9)7-11-8;2*1-8-6-9-4-2-3-5-10(9)11-7-8;1-8-6-7-9-4-2-3-5-10(9)11-8;8*1-3-2;8*1-2/h8*2-7H,1H3;8*3H2,1-2H3;8*1-2H3. The van der Waals surface area contributed by atoms with Gasteiger partial charge in [-0.2, -0.15) is 0 Å². The van der Waals surface area contributed by atoms with Gasteiger partial charge in [-0.15, -0.1) is 0 Å². The van der Waals surface area contributed by atoms with Crippen LogP contribution < -0.4 is 0 Å². The zero-order valence-corrected chi connectivity index (χ0v) is 88.9. The average Bonchev–Trinajstić information content (AvgIpc) is 0.914. The molecule has 16 aromatic rings. The summed E-state index contributed by atoms with van der Waals surface area (Å²) in [6.45, 7) is 82.5. The second-order valence-electron chi connectivity index (χ2n) is 27.2. The van der Waals surface area contributed by atoms with Gasteiger partial charge in [0.2, 0.25) is 0 Å². The van der Waals surface area contributed by atoms with Crippen LogP contribution >= 0.6 is 0 Å².